The van der Waals surface area contributed by atoms with E-state index in [4.69, 9.17) is 5.11 Å². The van der Waals surface area contributed by atoms with E-state index in [9.17, 15) is 19.8 Å². The fourth-order valence-electron chi connectivity index (χ4n) is 5.02. The van der Waals surface area contributed by atoms with Gasteiger partial charge in [-0.1, -0.05) is 154 Å². The number of aliphatic hydroxyl groups excluding tert-OH is 1. The third-order valence-corrected chi connectivity index (χ3v) is 7.68. The Labute approximate surface area is 298 Å². The number of allylic oxidation sites excluding steroid dienone is 2. The van der Waals surface area contributed by atoms with Gasteiger partial charge < -0.3 is 24.9 Å². The number of hydrogen-bond donors (Lipinski definition) is 1. The molecule has 1 N–H and O–H groups in total. The van der Waals surface area contributed by atoms with Crippen LogP contribution in [0.2, 0.25) is 0 Å². The molecule has 0 radical (unpaired) electrons. The van der Waals surface area contributed by atoms with E-state index in [2.05, 4.69) is 19.1 Å². The Morgan fingerprint density at radius 1 is 0.442 bits per heavy atom. The van der Waals surface area contributed by atoms with Crippen LogP contribution in [0, 0.1) is 0 Å². The smallest absolute Gasteiger partial charge is 0.550 e. The van der Waals surface area contributed by atoms with Gasteiger partial charge in [0.25, 0.3) is 0 Å². The van der Waals surface area contributed by atoms with E-state index >= 15 is 0 Å². The number of carboxylic acid groups (broad SMARTS) is 2. The molecule has 5 nitrogen and oxygen atoms in total. The van der Waals surface area contributed by atoms with Gasteiger partial charge in [-0.05, 0) is 57.8 Å². The maximum absolute atomic E-state index is 10.2. The zero-order valence-electron chi connectivity index (χ0n) is 27.8. The van der Waals surface area contributed by atoms with Gasteiger partial charge in [-0.3, -0.25) is 0 Å². The number of carbonyl (C=O) groups is 2. The SMILES string of the molecule is CCCCCCCC/C=C\CCCCCCCC(=O)[O-].O=C([O-])CCCCCCCCCCCCCCCCCO.[Ag+].[Ag+]. The van der Waals surface area contributed by atoms with Gasteiger partial charge in [-0.15, -0.1) is 0 Å². The van der Waals surface area contributed by atoms with Crippen molar-refractivity contribution in [3.63, 3.8) is 0 Å². The van der Waals surface area contributed by atoms with Gasteiger partial charge in [0.2, 0.25) is 0 Å². The van der Waals surface area contributed by atoms with Gasteiger partial charge in [0.15, 0.2) is 0 Å². The third kappa shape index (κ3) is 55.0. The van der Waals surface area contributed by atoms with E-state index in [0.717, 1.165) is 38.5 Å². The summed E-state index contributed by atoms with van der Waals surface area (Å²) in [5, 5.41) is 29.1. The molecule has 0 aromatic heterocycles. The average Bonchev–Trinajstić information content (AvgIpc) is 2.95. The van der Waals surface area contributed by atoms with Crippen LogP contribution in [0.15, 0.2) is 12.2 Å². The first-order valence-corrected chi connectivity index (χ1v) is 17.7. The number of aliphatic carboxylic acids is 2. The van der Waals surface area contributed by atoms with Crippen LogP contribution in [0.5, 0.6) is 0 Å². The molecule has 264 valence electrons. The molecular formula is C36H68Ag2O5. The molecule has 0 aliphatic heterocycles. The summed E-state index contributed by atoms with van der Waals surface area (Å²) in [6, 6.07) is 0. The number of rotatable bonds is 32. The summed E-state index contributed by atoms with van der Waals surface area (Å²) in [6.07, 6.45) is 39.5. The first kappa shape index (κ1) is 50.0. The van der Waals surface area contributed by atoms with Crippen molar-refractivity contribution >= 4 is 11.9 Å². The minimum atomic E-state index is -0.914. The number of unbranched alkanes of at least 4 members (excludes halogenated alkanes) is 25. The van der Waals surface area contributed by atoms with Crippen LogP contribution in [0.25, 0.3) is 0 Å². The first-order chi connectivity index (χ1) is 20.0. The zero-order chi connectivity index (χ0) is 30.5. The summed E-state index contributed by atoms with van der Waals surface area (Å²) in [7, 11) is 0. The summed E-state index contributed by atoms with van der Waals surface area (Å²) in [4.78, 5) is 20.4. The number of aliphatic hydroxyl groups is 1. The Morgan fingerprint density at radius 2 is 0.698 bits per heavy atom. The van der Waals surface area contributed by atoms with E-state index in [1.165, 1.54) is 141 Å². The van der Waals surface area contributed by atoms with Gasteiger partial charge in [0.05, 0.1) is 0 Å². The predicted octanol–water partition coefficient (Wildman–Crippen LogP) is 8.74. The molecule has 0 aromatic rings. The molecule has 0 heterocycles. The van der Waals surface area contributed by atoms with Crippen molar-refractivity contribution < 1.29 is 69.7 Å². The van der Waals surface area contributed by atoms with E-state index in [1.807, 2.05) is 0 Å². The molecule has 0 spiro atoms. The van der Waals surface area contributed by atoms with Crippen molar-refractivity contribution in [3.8, 4) is 0 Å². The van der Waals surface area contributed by atoms with E-state index in [-0.39, 0.29) is 57.6 Å². The second kappa shape index (κ2) is 46.5. The average molecular weight is 797 g/mol. The van der Waals surface area contributed by atoms with E-state index < -0.39 is 11.9 Å². The van der Waals surface area contributed by atoms with Crippen molar-refractivity contribution in [2.45, 2.75) is 200 Å². The third-order valence-electron chi connectivity index (χ3n) is 7.68. The van der Waals surface area contributed by atoms with Crippen LogP contribution < -0.4 is 10.2 Å². The normalized spacial score (nSPS) is 10.6. The molecule has 0 bridgehead atoms. The molecule has 0 saturated carbocycles. The Morgan fingerprint density at radius 3 is 0.977 bits per heavy atom. The van der Waals surface area contributed by atoms with Crippen molar-refractivity contribution in [1.82, 2.24) is 0 Å². The largest absolute Gasteiger partial charge is 1.00 e. The summed E-state index contributed by atoms with van der Waals surface area (Å²) >= 11 is 0. The maximum Gasteiger partial charge on any atom is 1.00 e. The van der Waals surface area contributed by atoms with Gasteiger partial charge in [0, 0.05) is 18.5 Å². The summed E-state index contributed by atoms with van der Waals surface area (Å²) < 4.78 is 0. The Balaban J connectivity index is -0.000000338. The monoisotopic (exact) mass is 794 g/mol. The van der Waals surface area contributed by atoms with Crippen LogP contribution in [0.4, 0.5) is 0 Å². The molecule has 0 atom stereocenters. The number of hydrogen-bond acceptors (Lipinski definition) is 5. The van der Waals surface area contributed by atoms with Gasteiger partial charge in [0.1, 0.15) is 0 Å². The molecule has 0 saturated heterocycles. The number of carbonyl (C=O) groups excluding carboxylic acids is 2. The zero-order valence-corrected chi connectivity index (χ0v) is 30.7. The van der Waals surface area contributed by atoms with E-state index in [1.54, 1.807) is 0 Å². The summed E-state index contributed by atoms with van der Waals surface area (Å²) in [6.45, 7) is 2.60. The molecular weight excluding hydrogens is 728 g/mol. The van der Waals surface area contributed by atoms with E-state index in [0.29, 0.717) is 6.61 Å². The molecule has 0 unspecified atom stereocenters. The van der Waals surface area contributed by atoms with Crippen molar-refractivity contribution in [2.24, 2.45) is 0 Å². The Hall–Kier alpha value is 0.121. The predicted molar refractivity (Wildman–Crippen MR) is 170 cm³/mol. The molecule has 0 aromatic carbocycles. The Bertz CT molecular complexity index is 558. The van der Waals surface area contributed by atoms with Crippen LogP contribution in [0.1, 0.15) is 200 Å². The van der Waals surface area contributed by atoms with Crippen LogP contribution >= 0.6 is 0 Å². The fourth-order valence-corrected chi connectivity index (χ4v) is 5.02. The second-order valence-electron chi connectivity index (χ2n) is 11.9. The second-order valence-corrected chi connectivity index (χ2v) is 11.9. The molecule has 43 heavy (non-hydrogen) atoms. The minimum absolute atomic E-state index is 0. The van der Waals surface area contributed by atoms with Crippen LogP contribution in [-0.4, -0.2) is 23.7 Å². The fraction of sp³-hybridized carbons (Fsp3) is 0.889. The topological polar surface area (TPSA) is 100 Å². The molecule has 0 fully saturated rings. The van der Waals surface area contributed by atoms with Crippen molar-refractivity contribution in [3.05, 3.63) is 12.2 Å². The van der Waals surface area contributed by atoms with Gasteiger partial charge in [-0.2, -0.15) is 0 Å². The van der Waals surface area contributed by atoms with Gasteiger partial charge in [-0.25, -0.2) is 0 Å². The first-order valence-electron chi connectivity index (χ1n) is 17.7. The van der Waals surface area contributed by atoms with Gasteiger partial charge >= 0.3 is 44.8 Å². The maximum atomic E-state index is 10.2. The standard InChI is InChI=1S/C18H36O3.C18H34O2.2Ag/c19-17-15-13-11-9-7-5-3-1-2-4-6-8-10-12-14-16-18(20)21;1-2-3-4-5-6-7-8-9-10-11-12-13-14-15-16-17-18(19)20;;/h19H,1-17H2,(H,20,21);9-10H,2-8,11-17H2,1H3,(H,19,20);;/q;;2*+1/p-2/b;10-9-;;. The molecule has 0 aliphatic rings. The minimum Gasteiger partial charge on any atom is -0.550 e. The molecule has 0 amide bonds. The van der Waals surface area contributed by atoms with Crippen LogP contribution in [-0.2, 0) is 54.3 Å². The molecule has 0 aliphatic carbocycles. The number of carboxylic acids is 2. The summed E-state index contributed by atoms with van der Waals surface area (Å²) in [5.74, 6) is -1.83. The summed E-state index contributed by atoms with van der Waals surface area (Å²) in [5.41, 5.74) is 0. The van der Waals surface area contributed by atoms with Crippen molar-refractivity contribution in [1.29, 1.82) is 0 Å². The molecule has 0 rings (SSSR count). The Kier molecular flexibility index (Phi) is 54.1. The quantitative estimate of drug-likeness (QED) is 0.0417. The van der Waals surface area contributed by atoms with Crippen molar-refractivity contribution in [2.75, 3.05) is 6.61 Å². The molecule has 7 heteroatoms. The van der Waals surface area contributed by atoms with Crippen LogP contribution in [0.3, 0.4) is 0 Å².